The molecule has 1 aromatic heterocycles. The smallest absolute Gasteiger partial charge is 0.407 e. The van der Waals surface area contributed by atoms with Crippen LogP contribution < -0.4 is 5.76 Å². The molecule has 1 amide bonds. The van der Waals surface area contributed by atoms with Crippen LogP contribution in [0.25, 0.3) is 11.1 Å². The van der Waals surface area contributed by atoms with Crippen molar-refractivity contribution >= 4 is 22.7 Å². The maximum atomic E-state index is 12.7. The van der Waals surface area contributed by atoms with Gasteiger partial charge in [0.15, 0.2) is 5.58 Å². The van der Waals surface area contributed by atoms with E-state index >= 15 is 0 Å². The molecule has 0 aliphatic carbocycles. The second kappa shape index (κ2) is 9.18. The third-order valence-corrected chi connectivity index (χ3v) is 4.70. The van der Waals surface area contributed by atoms with Crippen LogP contribution >= 0.6 is 0 Å². The largest absolute Gasteiger partial charge is 0.419 e. The van der Waals surface area contributed by atoms with Crippen LogP contribution in [0.4, 0.5) is 5.69 Å². The molecule has 0 aliphatic rings. The number of non-ortho nitro benzene ring substituents is 1. The Morgan fingerprint density at radius 2 is 1.97 bits per heavy atom. The molecule has 0 spiro atoms. The summed E-state index contributed by atoms with van der Waals surface area (Å²) in [4.78, 5) is 36.9. The Kier molecular flexibility index (Phi) is 6.43. The van der Waals surface area contributed by atoms with Crippen LogP contribution in [-0.4, -0.2) is 26.8 Å². The average Bonchev–Trinajstić information content (AvgIpc) is 3.02. The molecular weight excluding hydrogens is 374 g/mol. The number of benzene rings is 2. The Balaban J connectivity index is 1.65. The second-order valence-electron chi connectivity index (χ2n) is 6.83. The van der Waals surface area contributed by atoms with E-state index in [1.165, 1.54) is 22.8 Å². The highest BCUT2D eigenvalue weighted by atomic mass is 16.6. The third kappa shape index (κ3) is 4.90. The molecule has 0 saturated carbocycles. The quantitative estimate of drug-likeness (QED) is 0.405. The molecule has 0 radical (unpaired) electrons. The maximum Gasteiger partial charge on any atom is 0.419 e. The fraction of sp³-hybridized carbons (Fsp3) is 0.333. The van der Waals surface area contributed by atoms with Crippen LogP contribution in [0.15, 0.2) is 57.7 Å². The molecule has 2 aromatic carbocycles. The standard InChI is InChI=1S/C21H23N3O5/c1-2-12-22(15-16-7-4-3-5-8-16)20(25)9-6-13-23-18-11-10-17(24(27)28)14-19(18)29-21(23)26/h3-5,7-8,10-11,14H,2,6,9,12-13,15H2,1H3. The number of aryl methyl sites for hydroxylation is 1. The fourth-order valence-corrected chi connectivity index (χ4v) is 3.29. The van der Waals surface area contributed by atoms with Gasteiger partial charge in [0, 0.05) is 32.1 Å². The number of nitro groups is 1. The number of hydrogen-bond acceptors (Lipinski definition) is 5. The molecule has 0 aliphatic heterocycles. The van der Waals surface area contributed by atoms with Crippen LogP contribution in [0.1, 0.15) is 31.7 Å². The predicted octanol–water partition coefficient (Wildman–Crippen LogP) is 3.72. The molecule has 0 saturated heterocycles. The minimum absolute atomic E-state index is 0.0344. The SMILES string of the molecule is CCCN(Cc1ccccc1)C(=O)CCCn1c(=O)oc2cc([N+](=O)[O-])ccc21. The van der Waals surface area contributed by atoms with E-state index in [0.717, 1.165) is 12.0 Å². The van der Waals surface area contributed by atoms with E-state index < -0.39 is 10.7 Å². The van der Waals surface area contributed by atoms with Crippen LogP contribution in [0, 0.1) is 10.1 Å². The maximum absolute atomic E-state index is 12.7. The first-order chi connectivity index (χ1) is 14.0. The highest BCUT2D eigenvalue weighted by Crippen LogP contribution is 2.20. The Labute approximate surface area is 167 Å². The van der Waals surface area contributed by atoms with E-state index in [1.54, 1.807) is 0 Å². The lowest BCUT2D eigenvalue weighted by Gasteiger charge is -2.22. The van der Waals surface area contributed by atoms with Crippen molar-refractivity contribution in [1.29, 1.82) is 0 Å². The first-order valence-electron chi connectivity index (χ1n) is 9.59. The summed E-state index contributed by atoms with van der Waals surface area (Å²) in [6.45, 7) is 3.57. The van der Waals surface area contributed by atoms with Crippen molar-refractivity contribution < 1.29 is 14.1 Å². The lowest BCUT2D eigenvalue weighted by molar-refractivity contribution is -0.384. The van der Waals surface area contributed by atoms with Crippen molar-refractivity contribution in [2.24, 2.45) is 0 Å². The number of nitro benzene ring substituents is 1. The molecule has 0 unspecified atom stereocenters. The number of amides is 1. The number of rotatable bonds is 9. The second-order valence-corrected chi connectivity index (χ2v) is 6.83. The first kappa shape index (κ1) is 20.3. The average molecular weight is 397 g/mol. The number of carbonyl (C=O) groups excluding carboxylic acids is 1. The molecule has 3 rings (SSSR count). The van der Waals surface area contributed by atoms with Gasteiger partial charge >= 0.3 is 5.76 Å². The van der Waals surface area contributed by atoms with Crippen molar-refractivity contribution in [2.45, 2.75) is 39.3 Å². The van der Waals surface area contributed by atoms with Gasteiger partial charge in [-0.05, 0) is 24.5 Å². The number of carbonyl (C=O) groups is 1. The summed E-state index contributed by atoms with van der Waals surface area (Å²) >= 11 is 0. The Bertz CT molecular complexity index is 1060. The van der Waals surface area contributed by atoms with E-state index in [4.69, 9.17) is 4.42 Å². The monoisotopic (exact) mass is 397 g/mol. The van der Waals surface area contributed by atoms with Gasteiger partial charge in [-0.15, -0.1) is 0 Å². The molecular formula is C21H23N3O5. The Hall–Kier alpha value is -3.42. The molecule has 3 aromatic rings. The minimum atomic E-state index is -0.581. The molecule has 0 bridgehead atoms. The van der Waals surface area contributed by atoms with Gasteiger partial charge in [0.25, 0.3) is 5.69 Å². The Morgan fingerprint density at radius 3 is 2.66 bits per heavy atom. The van der Waals surface area contributed by atoms with E-state index in [2.05, 4.69) is 0 Å². The van der Waals surface area contributed by atoms with Gasteiger partial charge in [0.2, 0.25) is 5.91 Å². The van der Waals surface area contributed by atoms with Crippen molar-refractivity contribution in [1.82, 2.24) is 9.47 Å². The normalized spacial score (nSPS) is 10.9. The molecule has 1 heterocycles. The van der Waals surface area contributed by atoms with E-state index in [9.17, 15) is 19.7 Å². The molecule has 29 heavy (non-hydrogen) atoms. The van der Waals surface area contributed by atoms with Gasteiger partial charge in [0.1, 0.15) is 0 Å². The third-order valence-electron chi connectivity index (χ3n) is 4.70. The van der Waals surface area contributed by atoms with Gasteiger partial charge in [-0.1, -0.05) is 37.3 Å². The first-order valence-corrected chi connectivity index (χ1v) is 9.59. The van der Waals surface area contributed by atoms with Crippen LogP contribution in [0.3, 0.4) is 0 Å². The number of hydrogen-bond donors (Lipinski definition) is 0. The molecule has 152 valence electrons. The number of aromatic nitrogens is 1. The van der Waals surface area contributed by atoms with Gasteiger partial charge in [-0.25, -0.2) is 4.79 Å². The summed E-state index contributed by atoms with van der Waals surface area (Å²) in [5.74, 6) is -0.546. The molecule has 0 fully saturated rings. The lowest BCUT2D eigenvalue weighted by atomic mass is 10.2. The van der Waals surface area contributed by atoms with Crippen molar-refractivity contribution in [3.05, 3.63) is 74.8 Å². The van der Waals surface area contributed by atoms with Gasteiger partial charge < -0.3 is 9.32 Å². The number of nitrogens with zero attached hydrogens (tertiary/aromatic N) is 3. The molecule has 8 nitrogen and oxygen atoms in total. The summed E-state index contributed by atoms with van der Waals surface area (Å²) < 4.78 is 6.53. The number of fused-ring (bicyclic) bond motifs is 1. The van der Waals surface area contributed by atoms with E-state index in [-0.39, 0.29) is 17.2 Å². The molecule has 0 atom stereocenters. The van der Waals surface area contributed by atoms with E-state index in [0.29, 0.717) is 38.0 Å². The van der Waals surface area contributed by atoms with Crippen molar-refractivity contribution in [2.75, 3.05) is 6.54 Å². The summed E-state index contributed by atoms with van der Waals surface area (Å²) in [5, 5.41) is 10.9. The van der Waals surface area contributed by atoms with Crippen molar-refractivity contribution in [3.8, 4) is 0 Å². The zero-order valence-electron chi connectivity index (χ0n) is 16.2. The van der Waals surface area contributed by atoms with E-state index in [1.807, 2.05) is 42.2 Å². The van der Waals surface area contributed by atoms with Crippen LogP contribution in [-0.2, 0) is 17.9 Å². The zero-order chi connectivity index (χ0) is 20.8. The highest BCUT2D eigenvalue weighted by Gasteiger charge is 2.16. The Morgan fingerprint density at radius 1 is 1.21 bits per heavy atom. The highest BCUT2D eigenvalue weighted by molar-refractivity contribution is 5.77. The van der Waals surface area contributed by atoms with Crippen LogP contribution in [0.5, 0.6) is 0 Å². The van der Waals surface area contributed by atoms with Crippen molar-refractivity contribution in [3.63, 3.8) is 0 Å². The van der Waals surface area contributed by atoms with Gasteiger partial charge in [0.05, 0.1) is 16.5 Å². The summed E-state index contributed by atoms with van der Waals surface area (Å²) in [7, 11) is 0. The van der Waals surface area contributed by atoms with Gasteiger partial charge in [-0.3, -0.25) is 19.5 Å². The topological polar surface area (TPSA) is 98.6 Å². The molecule has 8 heteroatoms. The lowest BCUT2D eigenvalue weighted by Crippen LogP contribution is -2.31. The van der Waals surface area contributed by atoms with Gasteiger partial charge in [-0.2, -0.15) is 0 Å². The molecule has 0 N–H and O–H groups in total. The zero-order valence-corrected chi connectivity index (χ0v) is 16.2. The minimum Gasteiger partial charge on any atom is -0.407 e. The number of oxazole rings is 1. The summed E-state index contributed by atoms with van der Waals surface area (Å²) in [6.07, 6.45) is 1.64. The predicted molar refractivity (Wildman–Crippen MR) is 109 cm³/mol. The summed E-state index contributed by atoms with van der Waals surface area (Å²) in [6, 6.07) is 13.9. The fourth-order valence-electron chi connectivity index (χ4n) is 3.29. The summed E-state index contributed by atoms with van der Waals surface area (Å²) in [5.41, 5.74) is 1.60. The van der Waals surface area contributed by atoms with Crippen LogP contribution in [0.2, 0.25) is 0 Å².